The van der Waals surface area contributed by atoms with Crippen LogP contribution in [0.2, 0.25) is 0 Å². The molecule has 2 N–H and O–H groups in total. The average molecular weight is 228 g/mol. The summed E-state index contributed by atoms with van der Waals surface area (Å²) >= 11 is 0. The predicted octanol–water partition coefficient (Wildman–Crippen LogP) is 3.67. The Balaban J connectivity index is 2.35. The monoisotopic (exact) mass is 228 g/mol. The lowest BCUT2D eigenvalue weighted by atomic mass is 9.89. The van der Waals surface area contributed by atoms with Crippen LogP contribution in [0.5, 0.6) is 0 Å². The zero-order valence-electron chi connectivity index (χ0n) is 10.6. The summed E-state index contributed by atoms with van der Waals surface area (Å²) in [7, 11) is 0. The van der Waals surface area contributed by atoms with Gasteiger partial charge in [0.05, 0.1) is 5.52 Å². The third kappa shape index (κ3) is 2.47. The summed E-state index contributed by atoms with van der Waals surface area (Å²) in [6.07, 6.45) is 4.08. The third-order valence-electron chi connectivity index (χ3n) is 3.57. The molecule has 0 bridgehead atoms. The van der Waals surface area contributed by atoms with Crippen molar-refractivity contribution in [2.45, 2.75) is 32.7 Å². The molecular formula is C15H20N2. The van der Waals surface area contributed by atoms with E-state index in [4.69, 9.17) is 5.73 Å². The molecule has 2 rings (SSSR count). The number of fused-ring (bicyclic) bond motifs is 1. The van der Waals surface area contributed by atoms with Crippen LogP contribution in [0.25, 0.3) is 10.9 Å². The largest absolute Gasteiger partial charge is 0.324 e. The van der Waals surface area contributed by atoms with Crippen molar-refractivity contribution in [3.05, 3.63) is 42.1 Å². The molecule has 0 saturated carbocycles. The van der Waals surface area contributed by atoms with Crippen LogP contribution in [0.15, 0.2) is 36.5 Å². The van der Waals surface area contributed by atoms with E-state index >= 15 is 0 Å². The van der Waals surface area contributed by atoms with E-state index in [9.17, 15) is 0 Å². The summed E-state index contributed by atoms with van der Waals surface area (Å²) < 4.78 is 0. The van der Waals surface area contributed by atoms with Crippen molar-refractivity contribution in [2.24, 2.45) is 11.7 Å². The number of nitrogens with zero attached hydrogens (tertiary/aromatic N) is 1. The Kier molecular flexibility index (Phi) is 3.75. The van der Waals surface area contributed by atoms with Crippen molar-refractivity contribution < 1.29 is 0 Å². The van der Waals surface area contributed by atoms with E-state index in [-0.39, 0.29) is 6.04 Å². The van der Waals surface area contributed by atoms with E-state index in [1.54, 1.807) is 0 Å². The lowest BCUT2D eigenvalue weighted by molar-refractivity contribution is 0.405. The Labute approximate surface area is 103 Å². The van der Waals surface area contributed by atoms with Gasteiger partial charge in [-0.2, -0.15) is 0 Å². The van der Waals surface area contributed by atoms with E-state index in [0.717, 1.165) is 18.4 Å². The van der Waals surface area contributed by atoms with Crippen LogP contribution < -0.4 is 5.73 Å². The highest BCUT2D eigenvalue weighted by Crippen LogP contribution is 2.26. The first kappa shape index (κ1) is 12.1. The number of benzene rings is 1. The minimum Gasteiger partial charge on any atom is -0.324 e. The molecule has 0 spiro atoms. The molecule has 1 unspecified atom stereocenters. The molecule has 0 aliphatic rings. The molecule has 1 aromatic heterocycles. The molecule has 1 atom stereocenters. The molecule has 2 heteroatoms. The van der Waals surface area contributed by atoms with Crippen LogP contribution in [-0.4, -0.2) is 4.98 Å². The van der Waals surface area contributed by atoms with Crippen molar-refractivity contribution in [2.75, 3.05) is 0 Å². The summed E-state index contributed by atoms with van der Waals surface area (Å²) in [5.74, 6) is 0.559. The topological polar surface area (TPSA) is 38.9 Å². The van der Waals surface area contributed by atoms with Gasteiger partial charge >= 0.3 is 0 Å². The quantitative estimate of drug-likeness (QED) is 0.867. The van der Waals surface area contributed by atoms with E-state index < -0.39 is 0 Å². The normalized spacial score (nSPS) is 13.2. The first-order chi connectivity index (χ1) is 8.26. The molecule has 17 heavy (non-hydrogen) atoms. The maximum absolute atomic E-state index is 6.33. The van der Waals surface area contributed by atoms with Crippen molar-refractivity contribution in [1.82, 2.24) is 4.98 Å². The van der Waals surface area contributed by atoms with Gasteiger partial charge in [-0.3, -0.25) is 4.98 Å². The smallest absolute Gasteiger partial charge is 0.0702 e. The van der Waals surface area contributed by atoms with E-state index in [0.29, 0.717) is 5.92 Å². The number of aromatic nitrogens is 1. The SMILES string of the molecule is CCC(CC)C(N)c1ccc2ncccc2c1. The fourth-order valence-electron chi connectivity index (χ4n) is 2.37. The van der Waals surface area contributed by atoms with Gasteiger partial charge in [0, 0.05) is 17.6 Å². The molecule has 0 fully saturated rings. The number of hydrogen-bond donors (Lipinski definition) is 1. The van der Waals surface area contributed by atoms with E-state index in [1.165, 1.54) is 10.9 Å². The van der Waals surface area contributed by atoms with Crippen molar-refractivity contribution in [3.63, 3.8) is 0 Å². The Morgan fingerprint density at radius 3 is 2.65 bits per heavy atom. The third-order valence-corrected chi connectivity index (χ3v) is 3.57. The van der Waals surface area contributed by atoms with Crippen LogP contribution in [0, 0.1) is 5.92 Å². The fourth-order valence-corrected chi connectivity index (χ4v) is 2.37. The molecule has 0 aliphatic carbocycles. The summed E-state index contributed by atoms with van der Waals surface area (Å²) in [6.45, 7) is 4.41. The maximum Gasteiger partial charge on any atom is 0.0702 e. The van der Waals surface area contributed by atoms with Crippen molar-refractivity contribution in [3.8, 4) is 0 Å². The second-order valence-electron chi connectivity index (χ2n) is 4.56. The van der Waals surface area contributed by atoms with Gasteiger partial charge in [0.25, 0.3) is 0 Å². The minimum atomic E-state index is 0.134. The molecule has 0 radical (unpaired) electrons. The zero-order chi connectivity index (χ0) is 12.3. The lowest BCUT2D eigenvalue weighted by Crippen LogP contribution is -2.20. The van der Waals surface area contributed by atoms with Gasteiger partial charge in [-0.15, -0.1) is 0 Å². The van der Waals surface area contributed by atoms with E-state index in [2.05, 4.69) is 43.1 Å². The van der Waals surface area contributed by atoms with Crippen LogP contribution in [0.1, 0.15) is 38.3 Å². The van der Waals surface area contributed by atoms with Crippen LogP contribution in [0.3, 0.4) is 0 Å². The number of rotatable bonds is 4. The molecule has 2 aromatic rings. The Bertz CT molecular complexity index is 489. The number of nitrogens with two attached hydrogens (primary N) is 1. The minimum absolute atomic E-state index is 0.134. The molecule has 0 aliphatic heterocycles. The van der Waals surface area contributed by atoms with Crippen molar-refractivity contribution in [1.29, 1.82) is 0 Å². The summed E-state index contributed by atoms with van der Waals surface area (Å²) in [5.41, 5.74) is 8.59. The first-order valence-electron chi connectivity index (χ1n) is 6.36. The van der Waals surface area contributed by atoms with Gasteiger partial charge in [-0.25, -0.2) is 0 Å². The highest BCUT2D eigenvalue weighted by atomic mass is 14.7. The second-order valence-corrected chi connectivity index (χ2v) is 4.56. The summed E-state index contributed by atoms with van der Waals surface area (Å²) in [5, 5.41) is 1.17. The number of hydrogen-bond acceptors (Lipinski definition) is 2. The predicted molar refractivity (Wildman–Crippen MR) is 72.7 cm³/mol. The van der Waals surface area contributed by atoms with Crippen LogP contribution in [-0.2, 0) is 0 Å². The van der Waals surface area contributed by atoms with Crippen molar-refractivity contribution >= 4 is 10.9 Å². The van der Waals surface area contributed by atoms with Gasteiger partial charge < -0.3 is 5.73 Å². The Hall–Kier alpha value is -1.41. The first-order valence-corrected chi connectivity index (χ1v) is 6.36. The average Bonchev–Trinajstić information content (AvgIpc) is 2.39. The highest BCUT2D eigenvalue weighted by molar-refractivity contribution is 5.79. The molecule has 1 aromatic carbocycles. The van der Waals surface area contributed by atoms with Gasteiger partial charge in [-0.1, -0.05) is 38.8 Å². The van der Waals surface area contributed by atoms with Crippen LogP contribution in [0.4, 0.5) is 0 Å². The molecular weight excluding hydrogens is 208 g/mol. The van der Waals surface area contributed by atoms with Gasteiger partial charge in [0.15, 0.2) is 0 Å². The Morgan fingerprint density at radius 2 is 1.94 bits per heavy atom. The molecule has 90 valence electrons. The van der Waals surface area contributed by atoms with Crippen LogP contribution >= 0.6 is 0 Å². The number of pyridine rings is 1. The van der Waals surface area contributed by atoms with Gasteiger partial charge in [-0.05, 0) is 29.7 Å². The molecule has 2 nitrogen and oxygen atoms in total. The lowest BCUT2D eigenvalue weighted by Gasteiger charge is -2.21. The molecule has 0 saturated heterocycles. The summed E-state index contributed by atoms with van der Waals surface area (Å²) in [6, 6.07) is 10.5. The zero-order valence-corrected chi connectivity index (χ0v) is 10.6. The van der Waals surface area contributed by atoms with Gasteiger partial charge in [0.2, 0.25) is 0 Å². The summed E-state index contributed by atoms with van der Waals surface area (Å²) in [4.78, 5) is 4.33. The molecule has 1 heterocycles. The van der Waals surface area contributed by atoms with E-state index in [1.807, 2.05) is 12.3 Å². The fraction of sp³-hybridized carbons (Fsp3) is 0.400. The Morgan fingerprint density at radius 1 is 1.18 bits per heavy atom. The standard InChI is InChI=1S/C15H20N2/c1-3-11(4-2)15(16)13-7-8-14-12(10-13)6-5-9-17-14/h5-11,15H,3-4,16H2,1-2H3. The van der Waals surface area contributed by atoms with Gasteiger partial charge in [0.1, 0.15) is 0 Å². The maximum atomic E-state index is 6.33. The second kappa shape index (κ2) is 5.28. The highest BCUT2D eigenvalue weighted by Gasteiger charge is 2.16. The molecule has 0 amide bonds.